The minimum absolute atomic E-state index is 0.123. The Morgan fingerprint density at radius 3 is 2.68 bits per heavy atom. The van der Waals surface area contributed by atoms with Gasteiger partial charge in [-0.25, -0.2) is 4.98 Å². The zero-order valence-corrected chi connectivity index (χ0v) is 14.9. The Labute approximate surface area is 147 Å². The Kier molecular flexibility index (Phi) is 5.33. The first-order chi connectivity index (χ1) is 12.1. The van der Waals surface area contributed by atoms with Crippen LogP contribution < -0.4 is 5.32 Å². The summed E-state index contributed by atoms with van der Waals surface area (Å²) in [4.78, 5) is 33.8. The van der Waals surface area contributed by atoms with Crippen LogP contribution in [0.15, 0.2) is 24.4 Å². The zero-order chi connectivity index (χ0) is 17.8. The average molecular weight is 343 g/mol. The summed E-state index contributed by atoms with van der Waals surface area (Å²) in [5.41, 5.74) is 0.975. The fourth-order valence-electron chi connectivity index (χ4n) is 2.97. The van der Waals surface area contributed by atoms with E-state index in [0.717, 1.165) is 25.9 Å². The summed E-state index contributed by atoms with van der Waals surface area (Å²) in [7, 11) is 2.05. The Morgan fingerprint density at radius 2 is 1.96 bits per heavy atom. The van der Waals surface area contributed by atoms with Gasteiger partial charge in [0.2, 0.25) is 5.82 Å². The Morgan fingerprint density at radius 1 is 1.20 bits per heavy atom. The molecule has 0 saturated carbocycles. The summed E-state index contributed by atoms with van der Waals surface area (Å²) in [5.74, 6) is -0.0442. The standard InChI is InChI=1S/C18H25N5O2/c1-3-4-8-19-17(24)15-14-7-5-6-9-23(14)16(20-15)18(25)22-12-10-21(2)11-13-22/h5-7,9H,3-4,8,10-13H2,1-2H3,(H,19,24). The molecule has 1 fully saturated rings. The van der Waals surface area contributed by atoms with Crippen molar-refractivity contribution >= 4 is 17.3 Å². The average Bonchev–Trinajstić information content (AvgIpc) is 3.02. The second-order valence-corrected chi connectivity index (χ2v) is 6.44. The highest BCUT2D eigenvalue weighted by molar-refractivity contribution is 6.02. The number of nitrogens with one attached hydrogen (secondary N) is 1. The lowest BCUT2D eigenvalue weighted by Gasteiger charge is -2.31. The molecule has 2 aromatic rings. The molecule has 0 spiro atoms. The highest BCUT2D eigenvalue weighted by atomic mass is 16.2. The topological polar surface area (TPSA) is 70.0 Å². The second kappa shape index (κ2) is 7.65. The van der Waals surface area contributed by atoms with Crippen LogP contribution in [0.4, 0.5) is 0 Å². The van der Waals surface area contributed by atoms with Gasteiger partial charge in [0, 0.05) is 38.9 Å². The highest BCUT2D eigenvalue weighted by Gasteiger charge is 2.26. The Bertz CT molecular complexity index is 762. The smallest absolute Gasteiger partial charge is 0.290 e. The second-order valence-electron chi connectivity index (χ2n) is 6.44. The number of amides is 2. The Balaban J connectivity index is 1.88. The van der Waals surface area contributed by atoms with Crippen molar-refractivity contribution in [3.05, 3.63) is 35.9 Å². The number of carbonyl (C=O) groups excluding carboxylic acids is 2. The molecule has 2 aromatic heterocycles. The van der Waals surface area contributed by atoms with Crippen LogP contribution in [-0.2, 0) is 0 Å². The van der Waals surface area contributed by atoms with Crippen molar-refractivity contribution in [3.63, 3.8) is 0 Å². The monoisotopic (exact) mass is 343 g/mol. The minimum atomic E-state index is -0.227. The summed E-state index contributed by atoms with van der Waals surface area (Å²) in [6.07, 6.45) is 3.72. The number of piperazine rings is 1. The number of aromatic nitrogens is 2. The van der Waals surface area contributed by atoms with Crippen molar-refractivity contribution in [2.45, 2.75) is 19.8 Å². The van der Waals surface area contributed by atoms with E-state index in [9.17, 15) is 9.59 Å². The molecule has 3 rings (SSSR count). The number of imidazole rings is 1. The lowest BCUT2D eigenvalue weighted by molar-refractivity contribution is 0.0651. The van der Waals surface area contributed by atoms with E-state index >= 15 is 0 Å². The number of pyridine rings is 1. The van der Waals surface area contributed by atoms with E-state index in [4.69, 9.17) is 0 Å². The van der Waals surface area contributed by atoms with Gasteiger partial charge in [0.1, 0.15) is 0 Å². The molecule has 25 heavy (non-hydrogen) atoms. The number of nitrogens with zero attached hydrogens (tertiary/aromatic N) is 4. The Hall–Kier alpha value is -2.41. The summed E-state index contributed by atoms with van der Waals surface area (Å²) < 4.78 is 1.72. The molecule has 3 heterocycles. The molecule has 1 aliphatic heterocycles. The van der Waals surface area contributed by atoms with Crippen LogP contribution in [0.3, 0.4) is 0 Å². The molecule has 1 aliphatic rings. The van der Waals surface area contributed by atoms with E-state index in [-0.39, 0.29) is 11.8 Å². The summed E-state index contributed by atoms with van der Waals surface area (Å²) in [6, 6.07) is 5.51. The van der Waals surface area contributed by atoms with Gasteiger partial charge < -0.3 is 15.1 Å². The molecule has 2 amide bonds. The van der Waals surface area contributed by atoms with Crippen molar-refractivity contribution < 1.29 is 9.59 Å². The predicted octanol–water partition coefficient (Wildman–Crippen LogP) is 1.25. The van der Waals surface area contributed by atoms with Crippen molar-refractivity contribution in [2.24, 2.45) is 0 Å². The third kappa shape index (κ3) is 3.66. The van der Waals surface area contributed by atoms with Gasteiger partial charge in [0.15, 0.2) is 5.69 Å². The van der Waals surface area contributed by atoms with Crippen molar-refractivity contribution in [2.75, 3.05) is 39.8 Å². The maximum absolute atomic E-state index is 12.9. The van der Waals surface area contributed by atoms with E-state index in [1.165, 1.54) is 0 Å². The predicted molar refractivity (Wildman–Crippen MR) is 95.8 cm³/mol. The van der Waals surface area contributed by atoms with Crippen LogP contribution >= 0.6 is 0 Å². The van der Waals surface area contributed by atoms with Crippen molar-refractivity contribution in [3.8, 4) is 0 Å². The summed E-state index contributed by atoms with van der Waals surface area (Å²) in [5, 5.41) is 2.88. The van der Waals surface area contributed by atoms with Crippen LogP contribution in [-0.4, -0.2) is 70.8 Å². The van der Waals surface area contributed by atoms with Gasteiger partial charge in [0.25, 0.3) is 11.8 Å². The normalized spacial score (nSPS) is 15.5. The summed E-state index contributed by atoms with van der Waals surface area (Å²) in [6.45, 7) is 5.73. The molecule has 0 bridgehead atoms. The molecule has 7 heteroatoms. The third-order valence-electron chi connectivity index (χ3n) is 4.56. The van der Waals surface area contributed by atoms with E-state index in [2.05, 4.69) is 22.1 Å². The van der Waals surface area contributed by atoms with Gasteiger partial charge in [-0.2, -0.15) is 0 Å². The van der Waals surface area contributed by atoms with Gasteiger partial charge >= 0.3 is 0 Å². The van der Waals surface area contributed by atoms with Gasteiger partial charge in [-0.1, -0.05) is 19.4 Å². The first-order valence-corrected chi connectivity index (χ1v) is 8.85. The van der Waals surface area contributed by atoms with Gasteiger partial charge in [-0.3, -0.25) is 14.0 Å². The fraction of sp³-hybridized carbons (Fsp3) is 0.500. The molecule has 0 aromatic carbocycles. The molecule has 1 saturated heterocycles. The van der Waals surface area contributed by atoms with Crippen LogP contribution in [0.2, 0.25) is 0 Å². The number of unbranched alkanes of at least 4 members (excludes halogenated alkanes) is 1. The van der Waals surface area contributed by atoms with Crippen molar-refractivity contribution in [1.82, 2.24) is 24.5 Å². The number of rotatable bonds is 5. The number of likely N-dealkylation sites (N-methyl/N-ethyl adjacent to an activating group) is 1. The fourth-order valence-corrected chi connectivity index (χ4v) is 2.97. The zero-order valence-electron chi connectivity index (χ0n) is 14.9. The van der Waals surface area contributed by atoms with Crippen LogP contribution in [0.5, 0.6) is 0 Å². The summed E-state index contributed by atoms with van der Waals surface area (Å²) >= 11 is 0. The van der Waals surface area contributed by atoms with E-state index in [0.29, 0.717) is 36.7 Å². The van der Waals surface area contributed by atoms with Crippen LogP contribution in [0.1, 0.15) is 40.9 Å². The van der Waals surface area contributed by atoms with Crippen LogP contribution in [0, 0.1) is 0 Å². The van der Waals surface area contributed by atoms with Gasteiger partial charge in [-0.05, 0) is 25.6 Å². The molecular weight excluding hydrogens is 318 g/mol. The number of fused-ring (bicyclic) bond motifs is 1. The largest absolute Gasteiger partial charge is 0.351 e. The first-order valence-electron chi connectivity index (χ1n) is 8.85. The maximum atomic E-state index is 12.9. The number of hydrogen-bond donors (Lipinski definition) is 1. The quantitative estimate of drug-likeness (QED) is 0.830. The van der Waals surface area contributed by atoms with E-state index in [1.54, 1.807) is 15.5 Å². The molecule has 0 unspecified atom stereocenters. The van der Waals surface area contributed by atoms with Gasteiger partial charge in [-0.15, -0.1) is 0 Å². The maximum Gasteiger partial charge on any atom is 0.290 e. The lowest BCUT2D eigenvalue weighted by Crippen LogP contribution is -2.47. The molecule has 0 atom stereocenters. The molecule has 7 nitrogen and oxygen atoms in total. The molecule has 0 aliphatic carbocycles. The molecule has 1 N–H and O–H groups in total. The lowest BCUT2D eigenvalue weighted by atomic mass is 10.3. The highest BCUT2D eigenvalue weighted by Crippen LogP contribution is 2.16. The first kappa shape index (κ1) is 17.4. The SMILES string of the molecule is CCCCNC(=O)c1nc(C(=O)N2CCN(C)CC2)n2ccccc12. The van der Waals surface area contributed by atoms with E-state index < -0.39 is 0 Å². The van der Waals surface area contributed by atoms with Crippen molar-refractivity contribution in [1.29, 1.82) is 0 Å². The minimum Gasteiger partial charge on any atom is -0.351 e. The number of carbonyl (C=O) groups is 2. The molecule has 134 valence electrons. The number of hydrogen-bond acceptors (Lipinski definition) is 4. The van der Waals surface area contributed by atoms with Gasteiger partial charge in [0.05, 0.1) is 5.52 Å². The molecule has 0 radical (unpaired) electrons. The molecular formula is C18H25N5O2. The van der Waals surface area contributed by atoms with Crippen LogP contribution in [0.25, 0.3) is 5.52 Å². The van der Waals surface area contributed by atoms with E-state index in [1.807, 2.05) is 25.2 Å². The third-order valence-corrected chi connectivity index (χ3v) is 4.56.